The van der Waals surface area contributed by atoms with Crippen molar-refractivity contribution < 1.29 is 57.7 Å². The Labute approximate surface area is 348 Å². The molecule has 5 atom stereocenters. The Morgan fingerprint density at radius 1 is 0.650 bits per heavy atom. The molecule has 0 spiro atoms. The molecule has 7 rings (SSSR count). The first kappa shape index (κ1) is 43.8. The molecule has 6 amide bonds. The largest absolute Gasteiger partial charge is 0.481 e. The molecule has 2 fully saturated rings. The number of unbranched alkanes of at least 4 members (excludes halogenated alkanes) is 3. The summed E-state index contributed by atoms with van der Waals surface area (Å²) in [7, 11) is 0. The minimum absolute atomic E-state index is 0.0459. The number of carbonyl (C=O) groups is 9. The van der Waals surface area contributed by atoms with Gasteiger partial charge < -0.3 is 14.6 Å². The van der Waals surface area contributed by atoms with E-state index in [1.807, 2.05) is 12.1 Å². The zero-order chi connectivity index (χ0) is 43.0. The van der Waals surface area contributed by atoms with Crippen molar-refractivity contribution >= 4 is 53.4 Å². The quantitative estimate of drug-likeness (QED) is 0.0982. The Hall–Kier alpha value is -5.73. The molecule has 0 saturated heterocycles. The van der Waals surface area contributed by atoms with Crippen molar-refractivity contribution in [1.29, 1.82) is 0 Å². The van der Waals surface area contributed by atoms with Crippen LogP contribution < -0.4 is 4.74 Å². The number of imide groups is 3. The smallest absolute Gasteiger partial charge is 0.311 e. The molecule has 15 heteroatoms. The van der Waals surface area contributed by atoms with Crippen molar-refractivity contribution in [3.63, 3.8) is 0 Å². The normalized spacial score (nSPS) is 25.1. The van der Waals surface area contributed by atoms with E-state index >= 15 is 0 Å². The van der Waals surface area contributed by atoms with Gasteiger partial charge in [0.2, 0.25) is 0 Å². The minimum atomic E-state index is -0.859. The second-order valence-corrected chi connectivity index (χ2v) is 16.6. The lowest BCUT2D eigenvalue weighted by atomic mass is 9.55. The number of carboxylic acid groups (broad SMARTS) is 1. The lowest BCUT2D eigenvalue weighted by Crippen LogP contribution is -2.45. The van der Waals surface area contributed by atoms with Crippen molar-refractivity contribution in [2.24, 2.45) is 17.3 Å². The average Bonchev–Trinajstić information content (AvgIpc) is 3.93. The summed E-state index contributed by atoms with van der Waals surface area (Å²) in [5, 5.41) is 8.35. The van der Waals surface area contributed by atoms with Crippen LogP contribution in [0.15, 0.2) is 54.7 Å². The molecule has 6 aliphatic rings. The molecule has 3 aliphatic carbocycles. The highest BCUT2D eigenvalue weighted by Crippen LogP contribution is 2.61. The van der Waals surface area contributed by atoms with Crippen LogP contribution in [0.5, 0.6) is 5.75 Å². The molecule has 3 heterocycles. The third-order valence-corrected chi connectivity index (χ3v) is 12.9. The number of amides is 6. The van der Waals surface area contributed by atoms with Crippen LogP contribution in [-0.2, 0) is 54.3 Å². The second kappa shape index (κ2) is 19.6. The predicted molar refractivity (Wildman–Crippen MR) is 213 cm³/mol. The molecule has 0 radical (unpaired) electrons. The summed E-state index contributed by atoms with van der Waals surface area (Å²) < 4.78 is 11.7. The van der Waals surface area contributed by atoms with Crippen molar-refractivity contribution in [2.75, 3.05) is 19.6 Å². The molecule has 1 aromatic rings. The van der Waals surface area contributed by atoms with Gasteiger partial charge in [-0.3, -0.25) is 57.9 Å². The van der Waals surface area contributed by atoms with Crippen LogP contribution in [-0.4, -0.2) is 98.9 Å². The Kier molecular flexibility index (Phi) is 14.3. The molecular formula is C45H53N3O12. The van der Waals surface area contributed by atoms with Crippen LogP contribution in [0.25, 0.3) is 0 Å². The number of ether oxygens (including phenoxy) is 2. The van der Waals surface area contributed by atoms with Crippen molar-refractivity contribution in [1.82, 2.24) is 14.7 Å². The summed E-state index contributed by atoms with van der Waals surface area (Å²) >= 11 is 0. The molecule has 2 saturated carbocycles. The number of carbonyl (C=O) groups excluding carboxylic acids is 8. The number of esters is 2. The maximum absolute atomic E-state index is 12.8. The monoisotopic (exact) mass is 827 g/mol. The topological polar surface area (TPSA) is 202 Å². The summed E-state index contributed by atoms with van der Waals surface area (Å²) in [4.78, 5) is 108. The number of hydrogen-bond acceptors (Lipinski definition) is 11. The summed E-state index contributed by atoms with van der Waals surface area (Å²) in [5.41, 5.74) is 2.54. The van der Waals surface area contributed by atoms with Crippen LogP contribution in [0.1, 0.15) is 114 Å². The Morgan fingerprint density at radius 3 is 1.67 bits per heavy atom. The van der Waals surface area contributed by atoms with E-state index in [1.54, 1.807) is 0 Å². The third kappa shape index (κ3) is 10.3. The fourth-order valence-corrected chi connectivity index (χ4v) is 9.75. The van der Waals surface area contributed by atoms with Crippen LogP contribution in [0.2, 0.25) is 0 Å². The lowest BCUT2D eigenvalue weighted by Gasteiger charge is -2.50. The van der Waals surface area contributed by atoms with Gasteiger partial charge in [-0.1, -0.05) is 13.0 Å². The maximum atomic E-state index is 12.8. The second-order valence-electron chi connectivity index (χ2n) is 16.6. The zero-order valence-corrected chi connectivity index (χ0v) is 34.0. The number of fused-ring (bicyclic) bond motifs is 5. The average molecular weight is 828 g/mol. The molecule has 1 N–H and O–H groups in total. The first-order chi connectivity index (χ1) is 28.7. The lowest BCUT2D eigenvalue weighted by molar-refractivity contribution is -0.157. The number of hydrogen-bond donors (Lipinski definition) is 1. The maximum Gasteiger partial charge on any atom is 0.311 e. The molecule has 1 aromatic carbocycles. The summed E-state index contributed by atoms with van der Waals surface area (Å²) in [6.07, 6.45) is 17.2. The highest BCUT2D eigenvalue weighted by molar-refractivity contribution is 6.14. The number of aliphatic carboxylic acids is 1. The molecule has 15 nitrogen and oxygen atoms in total. The SMILES string of the molecule is C[C@]12CC[C@@H]3c4ccc(OC(=O)CCCCN5C(=O)C=CC5=O)cc4CC[C@H]3[C@@H]1CC[C@@H]2OC(=O)CCCCN1C(=O)C=CC1=O.O=C(O)CCCCN1C(=O)C=CC1=O. The predicted octanol–water partition coefficient (Wildman–Crippen LogP) is 4.72. The van der Waals surface area contributed by atoms with E-state index in [-0.39, 0.29) is 78.2 Å². The first-order valence-corrected chi connectivity index (χ1v) is 21.1. The molecule has 0 bridgehead atoms. The van der Waals surface area contributed by atoms with Gasteiger partial charge in [0.05, 0.1) is 0 Å². The van der Waals surface area contributed by atoms with Gasteiger partial charge in [-0.2, -0.15) is 0 Å². The van der Waals surface area contributed by atoms with Crippen molar-refractivity contribution in [3.05, 3.63) is 65.8 Å². The van der Waals surface area contributed by atoms with Crippen LogP contribution in [0, 0.1) is 17.3 Å². The molecule has 3 aliphatic heterocycles. The highest BCUT2D eigenvalue weighted by Gasteiger charge is 2.56. The Morgan fingerprint density at radius 2 is 1.15 bits per heavy atom. The van der Waals surface area contributed by atoms with E-state index in [2.05, 4.69) is 13.0 Å². The molecule has 0 aromatic heterocycles. The van der Waals surface area contributed by atoms with Crippen LogP contribution in [0.4, 0.5) is 0 Å². The van der Waals surface area contributed by atoms with Gasteiger partial charge in [-0.05, 0) is 118 Å². The minimum Gasteiger partial charge on any atom is -0.481 e. The van der Waals surface area contributed by atoms with Gasteiger partial charge in [0.15, 0.2) is 0 Å². The van der Waals surface area contributed by atoms with E-state index < -0.39 is 5.97 Å². The van der Waals surface area contributed by atoms with Gasteiger partial charge >= 0.3 is 17.9 Å². The molecule has 0 unspecified atom stereocenters. The number of aryl methyl sites for hydroxylation is 1. The van der Waals surface area contributed by atoms with Crippen LogP contribution >= 0.6 is 0 Å². The van der Waals surface area contributed by atoms with Gasteiger partial charge in [0.1, 0.15) is 11.9 Å². The molecule has 60 heavy (non-hydrogen) atoms. The fraction of sp³-hybridized carbons (Fsp3) is 0.533. The van der Waals surface area contributed by atoms with E-state index in [1.165, 1.54) is 57.4 Å². The Balaban J connectivity index is 0.000000367. The molecular weight excluding hydrogens is 775 g/mol. The number of nitrogens with zero attached hydrogens (tertiary/aromatic N) is 3. The van der Waals surface area contributed by atoms with Gasteiger partial charge in [0, 0.05) is 80.8 Å². The van der Waals surface area contributed by atoms with Gasteiger partial charge in [-0.15, -0.1) is 0 Å². The standard InChI is InChI=1S/C36H42N2O8.C9H11NO4/c1-36-19-18-26-25-11-9-24(45-34(43)6-2-4-20-37-30(39)14-15-31(37)40)22-23(25)8-10-27(26)28(36)12-13-29(36)46-35(44)7-3-5-21-38-32(41)16-17-33(38)42;11-7-4-5-8(12)10(7)6-2-1-3-9(13)14/h9,11,14-17,22,26-29H,2-8,10,12-13,18-21H2,1H3;4-5H,1-3,6H2,(H,13,14)/t26-,27-,28+,29+,36+;/m1./s1. The number of carboxylic acids is 1. The third-order valence-electron chi connectivity index (χ3n) is 12.9. The summed E-state index contributed by atoms with van der Waals surface area (Å²) in [6, 6.07) is 6.03. The summed E-state index contributed by atoms with van der Waals surface area (Å²) in [5.74, 6) is -1.21. The zero-order valence-electron chi connectivity index (χ0n) is 34.0. The number of rotatable bonds is 17. The Bertz CT molecular complexity index is 1950. The van der Waals surface area contributed by atoms with Gasteiger partial charge in [-0.25, -0.2) is 0 Å². The van der Waals surface area contributed by atoms with Crippen molar-refractivity contribution in [3.8, 4) is 5.75 Å². The fourth-order valence-electron chi connectivity index (χ4n) is 9.75. The highest BCUT2D eigenvalue weighted by atomic mass is 16.5. The summed E-state index contributed by atoms with van der Waals surface area (Å²) in [6.45, 7) is 3.22. The van der Waals surface area contributed by atoms with Crippen molar-refractivity contribution in [2.45, 2.75) is 115 Å². The van der Waals surface area contributed by atoms with E-state index in [4.69, 9.17) is 14.6 Å². The number of benzene rings is 1. The first-order valence-electron chi connectivity index (χ1n) is 21.1. The van der Waals surface area contributed by atoms with Crippen LogP contribution in [0.3, 0.4) is 0 Å². The molecule has 320 valence electrons. The van der Waals surface area contributed by atoms with E-state index in [0.29, 0.717) is 81.7 Å². The van der Waals surface area contributed by atoms with Gasteiger partial charge in [0.25, 0.3) is 35.4 Å². The van der Waals surface area contributed by atoms with E-state index in [0.717, 1.165) is 43.4 Å². The van der Waals surface area contributed by atoms with E-state index in [9.17, 15) is 43.2 Å².